The minimum absolute atomic E-state index is 0.858. The lowest BCUT2D eigenvalue weighted by Gasteiger charge is -2.00. The van der Waals surface area contributed by atoms with Crippen molar-refractivity contribution in [2.75, 3.05) is 7.11 Å². The Balaban J connectivity index is 1.96. The van der Waals surface area contributed by atoms with E-state index >= 15 is 0 Å². The van der Waals surface area contributed by atoms with Crippen LogP contribution in [-0.4, -0.2) is 12.1 Å². The van der Waals surface area contributed by atoms with Crippen molar-refractivity contribution in [2.45, 2.75) is 0 Å². The van der Waals surface area contributed by atoms with Crippen LogP contribution < -0.4 is 4.74 Å². The first-order valence-electron chi connectivity index (χ1n) is 6.78. The maximum atomic E-state index is 5.30. The van der Waals surface area contributed by atoms with Gasteiger partial charge in [0.15, 0.2) is 0 Å². The van der Waals surface area contributed by atoms with Gasteiger partial charge in [0.05, 0.1) is 17.3 Å². The van der Waals surface area contributed by atoms with E-state index in [4.69, 9.17) is 9.72 Å². The first-order chi connectivity index (χ1) is 10.3. The van der Waals surface area contributed by atoms with Crippen LogP contribution in [0.5, 0.6) is 5.75 Å². The molecule has 0 aliphatic heterocycles. The van der Waals surface area contributed by atoms with Gasteiger partial charge >= 0.3 is 0 Å². The van der Waals surface area contributed by atoms with Crippen LogP contribution >= 0.6 is 11.3 Å². The first kappa shape index (κ1) is 12.4. The zero-order valence-electron chi connectivity index (χ0n) is 11.5. The van der Waals surface area contributed by atoms with Crippen molar-refractivity contribution in [1.29, 1.82) is 0 Å². The Morgan fingerprint density at radius 3 is 2.76 bits per heavy atom. The lowest BCUT2D eigenvalue weighted by Crippen LogP contribution is -1.82. The van der Waals surface area contributed by atoms with Gasteiger partial charge in [-0.3, -0.25) is 0 Å². The van der Waals surface area contributed by atoms with Crippen LogP contribution in [0.3, 0.4) is 0 Å². The predicted octanol–water partition coefficient (Wildman–Crippen LogP) is 5.13. The fourth-order valence-electron chi connectivity index (χ4n) is 2.54. The molecule has 4 aromatic rings. The summed E-state index contributed by atoms with van der Waals surface area (Å²) < 4.78 is 6.54. The molecule has 3 heteroatoms. The van der Waals surface area contributed by atoms with Gasteiger partial charge in [0.25, 0.3) is 0 Å². The molecule has 0 spiro atoms. The summed E-state index contributed by atoms with van der Waals surface area (Å²) in [5.41, 5.74) is 2.15. The minimum Gasteiger partial charge on any atom is -0.497 e. The largest absolute Gasteiger partial charge is 0.497 e. The second-order valence-corrected chi connectivity index (χ2v) is 5.88. The lowest BCUT2D eigenvalue weighted by molar-refractivity contribution is 0.415. The van der Waals surface area contributed by atoms with Gasteiger partial charge in [0.2, 0.25) is 0 Å². The molecule has 1 aromatic heterocycles. The van der Waals surface area contributed by atoms with Crippen molar-refractivity contribution in [3.05, 3.63) is 60.7 Å². The van der Waals surface area contributed by atoms with Crippen LogP contribution in [0.1, 0.15) is 0 Å². The molecule has 102 valence electrons. The summed E-state index contributed by atoms with van der Waals surface area (Å²) in [6.45, 7) is 0. The fraction of sp³-hybridized carbons (Fsp3) is 0.0556. The topological polar surface area (TPSA) is 22.1 Å². The number of ether oxygens (including phenoxy) is 1. The summed E-state index contributed by atoms with van der Waals surface area (Å²) >= 11 is 1.73. The molecule has 0 amide bonds. The molecule has 0 N–H and O–H groups in total. The Labute approximate surface area is 126 Å². The molecule has 0 aliphatic carbocycles. The SMILES string of the molecule is COc1cccc(-c2nc3ccc4ccccc4c3s2)c1. The van der Waals surface area contributed by atoms with Crippen LogP contribution in [0.2, 0.25) is 0 Å². The van der Waals surface area contributed by atoms with Crippen molar-refractivity contribution in [3.8, 4) is 16.3 Å². The van der Waals surface area contributed by atoms with Gasteiger partial charge in [-0.1, -0.05) is 42.5 Å². The Hall–Kier alpha value is -2.39. The Morgan fingerprint density at radius 1 is 0.952 bits per heavy atom. The van der Waals surface area contributed by atoms with Crippen molar-refractivity contribution in [1.82, 2.24) is 4.98 Å². The second-order valence-electron chi connectivity index (χ2n) is 4.89. The monoisotopic (exact) mass is 291 g/mol. The number of fused-ring (bicyclic) bond motifs is 3. The molecule has 2 nitrogen and oxygen atoms in total. The van der Waals surface area contributed by atoms with Gasteiger partial charge in [0.1, 0.15) is 10.8 Å². The molecule has 0 bridgehead atoms. The van der Waals surface area contributed by atoms with Gasteiger partial charge in [-0.25, -0.2) is 4.98 Å². The van der Waals surface area contributed by atoms with Crippen LogP contribution in [0.4, 0.5) is 0 Å². The molecule has 0 aliphatic rings. The van der Waals surface area contributed by atoms with E-state index in [2.05, 4.69) is 42.5 Å². The number of aromatic nitrogens is 1. The molecule has 0 unspecified atom stereocenters. The molecule has 1 heterocycles. The Bertz CT molecular complexity index is 942. The van der Waals surface area contributed by atoms with Gasteiger partial charge in [-0.05, 0) is 23.6 Å². The van der Waals surface area contributed by atoms with E-state index in [1.165, 1.54) is 15.5 Å². The van der Waals surface area contributed by atoms with Gasteiger partial charge < -0.3 is 4.74 Å². The van der Waals surface area contributed by atoms with E-state index in [-0.39, 0.29) is 0 Å². The molecule has 0 saturated heterocycles. The van der Waals surface area contributed by atoms with E-state index in [9.17, 15) is 0 Å². The molecule has 0 radical (unpaired) electrons. The molecular formula is C18H13NOS. The zero-order chi connectivity index (χ0) is 14.2. The Morgan fingerprint density at radius 2 is 1.86 bits per heavy atom. The Kier molecular flexibility index (Phi) is 2.86. The van der Waals surface area contributed by atoms with Crippen LogP contribution in [0.25, 0.3) is 31.6 Å². The number of hydrogen-bond donors (Lipinski definition) is 0. The highest BCUT2D eigenvalue weighted by Crippen LogP contribution is 2.35. The maximum Gasteiger partial charge on any atom is 0.124 e. The van der Waals surface area contributed by atoms with E-state index in [1.807, 2.05) is 18.2 Å². The van der Waals surface area contributed by atoms with Gasteiger partial charge in [-0.15, -0.1) is 11.3 Å². The molecule has 0 saturated carbocycles. The van der Waals surface area contributed by atoms with Gasteiger partial charge in [0, 0.05) is 10.9 Å². The van der Waals surface area contributed by atoms with Crippen molar-refractivity contribution in [2.24, 2.45) is 0 Å². The molecule has 4 rings (SSSR count). The maximum absolute atomic E-state index is 5.30. The van der Waals surface area contributed by atoms with Gasteiger partial charge in [-0.2, -0.15) is 0 Å². The second kappa shape index (κ2) is 4.86. The van der Waals surface area contributed by atoms with E-state index in [1.54, 1.807) is 18.4 Å². The highest BCUT2D eigenvalue weighted by molar-refractivity contribution is 7.22. The summed E-state index contributed by atoms with van der Waals surface area (Å²) in [5.74, 6) is 0.858. The number of nitrogens with zero attached hydrogens (tertiary/aromatic N) is 1. The van der Waals surface area contributed by atoms with Crippen LogP contribution in [0.15, 0.2) is 60.7 Å². The third-order valence-electron chi connectivity index (χ3n) is 3.60. The summed E-state index contributed by atoms with van der Waals surface area (Å²) in [5, 5.41) is 3.55. The van der Waals surface area contributed by atoms with E-state index in [0.717, 1.165) is 21.8 Å². The predicted molar refractivity (Wildman–Crippen MR) is 89.1 cm³/mol. The average molecular weight is 291 g/mol. The molecule has 3 aromatic carbocycles. The zero-order valence-corrected chi connectivity index (χ0v) is 12.4. The minimum atomic E-state index is 0.858. The average Bonchev–Trinajstić information content (AvgIpc) is 2.99. The highest BCUT2D eigenvalue weighted by atomic mass is 32.1. The lowest BCUT2D eigenvalue weighted by atomic mass is 10.1. The number of benzene rings is 3. The standard InChI is InChI=1S/C18H13NOS/c1-20-14-7-4-6-13(11-14)18-19-16-10-9-12-5-2-3-8-15(12)17(16)21-18/h2-11H,1H3. The van der Waals surface area contributed by atoms with Crippen molar-refractivity contribution in [3.63, 3.8) is 0 Å². The molecule has 0 atom stereocenters. The first-order valence-corrected chi connectivity index (χ1v) is 7.59. The molecular weight excluding hydrogens is 278 g/mol. The van der Waals surface area contributed by atoms with Crippen molar-refractivity contribution >= 4 is 32.3 Å². The summed E-state index contributed by atoms with van der Waals surface area (Å²) in [6, 6.07) is 20.7. The van der Waals surface area contributed by atoms with E-state index in [0.29, 0.717) is 0 Å². The normalized spacial score (nSPS) is 11.1. The molecule has 21 heavy (non-hydrogen) atoms. The highest BCUT2D eigenvalue weighted by Gasteiger charge is 2.09. The van der Waals surface area contributed by atoms with Crippen LogP contribution in [0, 0.1) is 0 Å². The fourth-order valence-corrected chi connectivity index (χ4v) is 3.63. The number of rotatable bonds is 2. The van der Waals surface area contributed by atoms with E-state index < -0.39 is 0 Å². The summed E-state index contributed by atoms with van der Waals surface area (Å²) in [7, 11) is 1.69. The smallest absolute Gasteiger partial charge is 0.124 e. The summed E-state index contributed by atoms with van der Waals surface area (Å²) in [6.07, 6.45) is 0. The van der Waals surface area contributed by atoms with Crippen molar-refractivity contribution < 1.29 is 4.74 Å². The number of thiazole rings is 1. The number of methoxy groups -OCH3 is 1. The quantitative estimate of drug-likeness (QED) is 0.511. The summed E-state index contributed by atoms with van der Waals surface area (Å²) in [4.78, 5) is 4.77. The van der Waals surface area contributed by atoms with Crippen LogP contribution in [-0.2, 0) is 0 Å². The number of hydrogen-bond acceptors (Lipinski definition) is 3. The third kappa shape index (κ3) is 2.06. The molecule has 0 fully saturated rings. The third-order valence-corrected chi connectivity index (χ3v) is 4.75.